The first-order valence-corrected chi connectivity index (χ1v) is 7.13. The Morgan fingerprint density at radius 1 is 1.29 bits per heavy atom. The van der Waals surface area contributed by atoms with Crippen LogP contribution in [0.1, 0.15) is 33.3 Å². The van der Waals surface area contributed by atoms with Crippen molar-refractivity contribution in [3.8, 4) is 0 Å². The molecule has 1 heterocycles. The molecule has 1 fully saturated rings. The summed E-state index contributed by atoms with van der Waals surface area (Å²) in [6.07, 6.45) is -0.567. The second-order valence-corrected chi connectivity index (χ2v) is 5.99. The van der Waals surface area contributed by atoms with Gasteiger partial charge in [0.05, 0.1) is 12.6 Å². The van der Waals surface area contributed by atoms with E-state index in [-0.39, 0.29) is 12.7 Å². The van der Waals surface area contributed by atoms with Crippen molar-refractivity contribution in [1.29, 1.82) is 0 Å². The zero-order valence-corrected chi connectivity index (χ0v) is 13.0. The van der Waals surface area contributed by atoms with Crippen LogP contribution in [0.3, 0.4) is 0 Å². The van der Waals surface area contributed by atoms with Gasteiger partial charge in [-0.15, -0.1) is 0 Å². The molecule has 1 amide bonds. The summed E-state index contributed by atoms with van der Waals surface area (Å²) in [5.41, 5.74) is 0.392. The first kappa shape index (κ1) is 15.8. The Morgan fingerprint density at radius 2 is 1.95 bits per heavy atom. The van der Waals surface area contributed by atoms with E-state index in [1.807, 2.05) is 58.0 Å². The molecule has 0 aromatic heterocycles. The molecule has 1 saturated heterocycles. The maximum atomic E-state index is 11.8. The van der Waals surface area contributed by atoms with Crippen LogP contribution in [-0.2, 0) is 20.8 Å². The van der Waals surface area contributed by atoms with E-state index in [4.69, 9.17) is 14.2 Å². The highest BCUT2D eigenvalue weighted by Gasteiger charge is 2.47. The summed E-state index contributed by atoms with van der Waals surface area (Å²) < 4.78 is 16.8. The molecule has 1 N–H and O–H groups in total. The molecule has 0 spiro atoms. The maximum absolute atomic E-state index is 11.8. The summed E-state index contributed by atoms with van der Waals surface area (Å²) in [4.78, 5) is 11.8. The van der Waals surface area contributed by atoms with E-state index in [1.165, 1.54) is 0 Å². The number of hydrogen-bond donors (Lipinski definition) is 1. The second kappa shape index (κ2) is 6.03. The lowest BCUT2D eigenvalue weighted by atomic mass is 10.0. The number of nitrogens with one attached hydrogen (secondary N) is 1. The van der Waals surface area contributed by atoms with Gasteiger partial charge < -0.3 is 19.5 Å². The summed E-state index contributed by atoms with van der Waals surface area (Å²) in [5, 5.41) is 2.74. The van der Waals surface area contributed by atoms with Gasteiger partial charge in [-0.3, -0.25) is 0 Å². The highest BCUT2D eigenvalue weighted by atomic mass is 16.8. The largest absolute Gasteiger partial charge is 0.445 e. The molecule has 1 aromatic carbocycles. The van der Waals surface area contributed by atoms with Gasteiger partial charge in [-0.2, -0.15) is 0 Å². The minimum Gasteiger partial charge on any atom is -0.445 e. The molecule has 0 aliphatic carbocycles. The fourth-order valence-electron chi connectivity index (χ4n) is 2.42. The predicted octanol–water partition coefficient (Wildman–Crippen LogP) is 2.84. The number of benzene rings is 1. The number of hydrogen-bond acceptors (Lipinski definition) is 4. The molecule has 0 unspecified atom stereocenters. The van der Waals surface area contributed by atoms with Crippen molar-refractivity contribution in [3.63, 3.8) is 0 Å². The number of carbonyl (C=O) groups is 1. The van der Waals surface area contributed by atoms with Crippen molar-refractivity contribution in [2.45, 2.75) is 51.8 Å². The van der Waals surface area contributed by atoms with E-state index in [9.17, 15) is 4.79 Å². The summed E-state index contributed by atoms with van der Waals surface area (Å²) in [6.45, 7) is 8.17. The van der Waals surface area contributed by atoms with Crippen LogP contribution in [0.15, 0.2) is 30.3 Å². The fraction of sp³-hybridized carbons (Fsp3) is 0.562. The zero-order chi connectivity index (χ0) is 15.5. The fourth-order valence-corrected chi connectivity index (χ4v) is 2.42. The van der Waals surface area contributed by atoms with Crippen LogP contribution in [0.5, 0.6) is 0 Å². The van der Waals surface area contributed by atoms with Gasteiger partial charge in [-0.1, -0.05) is 30.3 Å². The van der Waals surface area contributed by atoms with Gasteiger partial charge in [0.2, 0.25) is 0 Å². The van der Waals surface area contributed by atoms with Crippen molar-refractivity contribution in [2.75, 3.05) is 6.54 Å². The van der Waals surface area contributed by atoms with Crippen LogP contribution in [0, 0.1) is 0 Å². The highest BCUT2D eigenvalue weighted by molar-refractivity contribution is 5.67. The average Bonchev–Trinajstić information content (AvgIpc) is 2.64. The average molecular weight is 293 g/mol. The summed E-state index contributed by atoms with van der Waals surface area (Å²) in [7, 11) is 0. The summed E-state index contributed by atoms with van der Waals surface area (Å²) in [6, 6.07) is 9.56. The number of ether oxygens (including phenoxy) is 3. The van der Waals surface area contributed by atoms with Crippen molar-refractivity contribution in [1.82, 2.24) is 5.32 Å². The van der Waals surface area contributed by atoms with Gasteiger partial charge in [0.15, 0.2) is 5.79 Å². The molecule has 1 aliphatic rings. The van der Waals surface area contributed by atoms with Crippen molar-refractivity contribution >= 4 is 6.09 Å². The van der Waals surface area contributed by atoms with E-state index in [0.29, 0.717) is 6.54 Å². The third-order valence-corrected chi connectivity index (χ3v) is 3.60. The van der Waals surface area contributed by atoms with Crippen molar-refractivity contribution < 1.29 is 19.0 Å². The van der Waals surface area contributed by atoms with E-state index in [2.05, 4.69) is 5.32 Å². The van der Waals surface area contributed by atoms with Crippen LogP contribution in [0.4, 0.5) is 4.79 Å². The molecule has 1 aliphatic heterocycles. The lowest BCUT2D eigenvalue weighted by Crippen LogP contribution is -2.47. The number of amides is 1. The summed E-state index contributed by atoms with van der Waals surface area (Å²) >= 11 is 0. The minimum absolute atomic E-state index is 0.109. The zero-order valence-electron chi connectivity index (χ0n) is 13.0. The van der Waals surface area contributed by atoms with Gasteiger partial charge in [0.1, 0.15) is 12.2 Å². The Hall–Kier alpha value is -1.59. The lowest BCUT2D eigenvalue weighted by Gasteiger charge is -2.27. The topological polar surface area (TPSA) is 56.8 Å². The number of carbonyl (C=O) groups excluding carboxylic acids is 1. The Morgan fingerprint density at radius 3 is 2.52 bits per heavy atom. The van der Waals surface area contributed by atoms with Crippen LogP contribution in [0.2, 0.25) is 0 Å². The quantitative estimate of drug-likeness (QED) is 0.927. The third-order valence-electron chi connectivity index (χ3n) is 3.60. The molecule has 0 radical (unpaired) electrons. The van der Waals surface area contributed by atoms with Crippen LogP contribution in [0.25, 0.3) is 0 Å². The maximum Gasteiger partial charge on any atom is 0.407 e. The molecule has 1 aromatic rings. The van der Waals surface area contributed by atoms with E-state index in [0.717, 1.165) is 5.56 Å². The third kappa shape index (κ3) is 4.19. The van der Waals surface area contributed by atoms with Crippen LogP contribution >= 0.6 is 0 Å². The molecule has 0 saturated carbocycles. The molecular weight excluding hydrogens is 270 g/mol. The van der Waals surface area contributed by atoms with Gasteiger partial charge in [-0.05, 0) is 33.3 Å². The molecule has 2 rings (SSSR count). The Balaban J connectivity index is 1.79. The second-order valence-electron chi connectivity index (χ2n) is 5.99. The molecule has 2 atom stereocenters. The Kier molecular flexibility index (Phi) is 4.54. The monoisotopic (exact) mass is 293 g/mol. The number of rotatable bonds is 4. The van der Waals surface area contributed by atoms with Crippen molar-refractivity contribution in [3.05, 3.63) is 35.9 Å². The number of alkyl carbamates (subject to hydrolysis) is 1. The van der Waals surface area contributed by atoms with E-state index >= 15 is 0 Å². The normalized spacial score (nSPS) is 27.3. The molecule has 21 heavy (non-hydrogen) atoms. The standard InChI is InChI=1S/C16H23NO4/c1-12-16(4,21-15(2,3)20-12)11-17-14(18)19-10-13-8-6-5-7-9-13/h5-9,12H,10-11H2,1-4H3,(H,17,18)/t12-,16-/m1/s1. The summed E-state index contributed by atoms with van der Waals surface area (Å²) in [5.74, 6) is -0.635. The Bertz CT molecular complexity index is 488. The molecule has 5 heteroatoms. The van der Waals surface area contributed by atoms with E-state index < -0.39 is 17.5 Å². The molecule has 116 valence electrons. The van der Waals surface area contributed by atoms with Gasteiger partial charge in [0.25, 0.3) is 0 Å². The van der Waals surface area contributed by atoms with Gasteiger partial charge in [-0.25, -0.2) is 4.79 Å². The van der Waals surface area contributed by atoms with Gasteiger partial charge >= 0.3 is 6.09 Å². The van der Waals surface area contributed by atoms with Gasteiger partial charge in [0, 0.05) is 0 Å². The Labute approximate surface area is 125 Å². The minimum atomic E-state index is -0.635. The first-order valence-electron chi connectivity index (χ1n) is 7.13. The highest BCUT2D eigenvalue weighted by Crippen LogP contribution is 2.35. The van der Waals surface area contributed by atoms with E-state index in [1.54, 1.807) is 0 Å². The smallest absolute Gasteiger partial charge is 0.407 e. The van der Waals surface area contributed by atoms with Crippen LogP contribution < -0.4 is 5.32 Å². The molecule has 5 nitrogen and oxygen atoms in total. The molecule has 0 bridgehead atoms. The van der Waals surface area contributed by atoms with Crippen LogP contribution in [-0.4, -0.2) is 30.1 Å². The van der Waals surface area contributed by atoms with Crippen molar-refractivity contribution in [2.24, 2.45) is 0 Å². The lowest BCUT2D eigenvalue weighted by molar-refractivity contribution is -0.158. The SMILES string of the molecule is C[C@H]1OC(C)(C)O[C@]1(C)CNC(=O)OCc1ccccc1. The predicted molar refractivity (Wildman–Crippen MR) is 78.7 cm³/mol. The first-order chi connectivity index (χ1) is 9.81. The molecular formula is C16H23NO4.